The monoisotopic (exact) mass is 374 g/mol. The van der Waals surface area contributed by atoms with Gasteiger partial charge in [-0.15, -0.1) is 0 Å². The fraction of sp³-hybridized carbons (Fsp3) is 0.565. The molecule has 0 N–H and O–H groups in total. The summed E-state index contributed by atoms with van der Waals surface area (Å²) >= 11 is 0. The van der Waals surface area contributed by atoms with E-state index in [2.05, 4.69) is 40.7 Å². The first-order valence-electron chi connectivity index (χ1n) is 9.76. The number of allylic oxidation sites excluding steroid dienone is 3. The van der Waals surface area contributed by atoms with Crippen molar-refractivity contribution in [3.63, 3.8) is 0 Å². The van der Waals surface area contributed by atoms with Crippen LogP contribution in [0.3, 0.4) is 0 Å². The highest BCUT2D eigenvalue weighted by molar-refractivity contribution is 7.92. The molecule has 3 heteroatoms. The Kier molecular flexibility index (Phi) is 6.55. The quantitative estimate of drug-likeness (QED) is 0.539. The maximum Gasteiger partial charge on any atom is 0.185 e. The molecule has 0 aromatic heterocycles. The van der Waals surface area contributed by atoms with Crippen molar-refractivity contribution in [1.82, 2.24) is 0 Å². The van der Waals surface area contributed by atoms with Crippen LogP contribution in [-0.2, 0) is 9.84 Å². The number of hydrogen-bond acceptors (Lipinski definition) is 2. The summed E-state index contributed by atoms with van der Waals surface area (Å²) in [5, 5.41) is -0.469. The Morgan fingerprint density at radius 1 is 1.19 bits per heavy atom. The molecule has 0 fully saturated rings. The SMILES string of the molecule is CCC=C(C)CC(C1=C(C)CCCC1(C)C)S(=O)(=O)c1ccc(C)cc1. The van der Waals surface area contributed by atoms with Gasteiger partial charge in [0.25, 0.3) is 0 Å². The lowest BCUT2D eigenvalue weighted by atomic mass is 9.70. The molecule has 26 heavy (non-hydrogen) atoms. The van der Waals surface area contributed by atoms with Crippen LogP contribution in [0.4, 0.5) is 0 Å². The average molecular weight is 375 g/mol. The first-order chi connectivity index (χ1) is 12.1. The zero-order chi connectivity index (χ0) is 19.5. The highest BCUT2D eigenvalue weighted by Crippen LogP contribution is 2.46. The average Bonchev–Trinajstić information content (AvgIpc) is 2.53. The molecule has 1 atom stereocenters. The Labute approximate surface area is 160 Å². The Bertz CT molecular complexity index is 793. The summed E-state index contributed by atoms with van der Waals surface area (Å²) in [5.41, 5.74) is 4.59. The summed E-state index contributed by atoms with van der Waals surface area (Å²) in [6, 6.07) is 7.32. The third kappa shape index (κ3) is 4.49. The molecule has 0 radical (unpaired) electrons. The van der Waals surface area contributed by atoms with E-state index in [1.807, 2.05) is 19.1 Å². The number of rotatable bonds is 6. The third-order valence-electron chi connectivity index (χ3n) is 5.65. The minimum Gasteiger partial charge on any atom is -0.223 e. The zero-order valence-electron chi connectivity index (χ0n) is 17.2. The van der Waals surface area contributed by atoms with E-state index in [9.17, 15) is 8.42 Å². The molecule has 2 rings (SSSR count). The molecule has 0 saturated heterocycles. The van der Waals surface area contributed by atoms with E-state index in [0.29, 0.717) is 11.3 Å². The summed E-state index contributed by atoms with van der Waals surface area (Å²) in [5.74, 6) is 0. The molecule has 1 aromatic rings. The van der Waals surface area contributed by atoms with Crippen LogP contribution < -0.4 is 0 Å². The molecule has 1 aliphatic carbocycles. The van der Waals surface area contributed by atoms with Crippen molar-refractivity contribution in [2.75, 3.05) is 0 Å². The van der Waals surface area contributed by atoms with E-state index in [1.165, 1.54) is 5.57 Å². The van der Waals surface area contributed by atoms with Crippen LogP contribution in [-0.4, -0.2) is 13.7 Å². The van der Waals surface area contributed by atoms with Gasteiger partial charge in [0.05, 0.1) is 10.1 Å². The molecule has 0 spiro atoms. The van der Waals surface area contributed by atoms with Crippen LogP contribution in [0.15, 0.2) is 52.0 Å². The van der Waals surface area contributed by atoms with Crippen LogP contribution >= 0.6 is 0 Å². The second-order valence-corrected chi connectivity index (χ2v) is 10.6. The van der Waals surface area contributed by atoms with E-state index in [1.54, 1.807) is 12.1 Å². The maximum absolute atomic E-state index is 13.7. The molecule has 1 unspecified atom stereocenters. The molecular formula is C23H34O2S. The molecule has 0 heterocycles. The van der Waals surface area contributed by atoms with E-state index in [4.69, 9.17) is 0 Å². The van der Waals surface area contributed by atoms with Crippen molar-refractivity contribution in [2.45, 2.75) is 83.8 Å². The van der Waals surface area contributed by atoms with E-state index < -0.39 is 15.1 Å². The lowest BCUT2D eigenvalue weighted by molar-refractivity contribution is 0.353. The van der Waals surface area contributed by atoms with Crippen LogP contribution in [0.25, 0.3) is 0 Å². The third-order valence-corrected chi connectivity index (χ3v) is 7.73. The van der Waals surface area contributed by atoms with Gasteiger partial charge in [-0.25, -0.2) is 8.42 Å². The van der Waals surface area contributed by atoms with Gasteiger partial charge in [-0.3, -0.25) is 0 Å². The minimum atomic E-state index is -3.43. The first-order valence-corrected chi connectivity index (χ1v) is 11.3. The normalized spacial score (nSPS) is 19.5. The fourth-order valence-electron chi connectivity index (χ4n) is 4.34. The second-order valence-electron chi connectivity index (χ2n) is 8.44. The van der Waals surface area contributed by atoms with Gasteiger partial charge in [0.2, 0.25) is 0 Å². The van der Waals surface area contributed by atoms with Gasteiger partial charge in [-0.05, 0) is 76.0 Å². The number of benzene rings is 1. The summed E-state index contributed by atoms with van der Waals surface area (Å²) in [6.45, 7) is 12.7. The summed E-state index contributed by atoms with van der Waals surface area (Å²) < 4.78 is 27.3. The van der Waals surface area contributed by atoms with Crippen LogP contribution in [0.2, 0.25) is 0 Å². The van der Waals surface area contributed by atoms with Crippen molar-refractivity contribution in [3.05, 3.63) is 52.6 Å². The molecule has 0 aliphatic heterocycles. The Balaban J connectivity index is 2.61. The first kappa shape index (κ1) is 21.0. The largest absolute Gasteiger partial charge is 0.223 e. The van der Waals surface area contributed by atoms with Gasteiger partial charge in [-0.1, -0.05) is 55.7 Å². The number of aryl methyl sites for hydroxylation is 1. The minimum absolute atomic E-state index is 0.0722. The summed E-state index contributed by atoms with van der Waals surface area (Å²) in [6.07, 6.45) is 6.88. The van der Waals surface area contributed by atoms with Crippen molar-refractivity contribution in [1.29, 1.82) is 0 Å². The molecular weight excluding hydrogens is 340 g/mol. The van der Waals surface area contributed by atoms with Crippen LogP contribution in [0.1, 0.15) is 72.3 Å². The second kappa shape index (κ2) is 8.12. The fourth-order valence-corrected chi connectivity index (χ4v) is 6.49. The van der Waals surface area contributed by atoms with Gasteiger partial charge < -0.3 is 0 Å². The maximum atomic E-state index is 13.7. The predicted octanol–water partition coefficient (Wildman–Crippen LogP) is 6.41. The van der Waals surface area contributed by atoms with E-state index in [0.717, 1.165) is 42.4 Å². The summed E-state index contributed by atoms with van der Waals surface area (Å²) in [4.78, 5) is 0.444. The molecule has 1 aromatic carbocycles. The molecule has 2 nitrogen and oxygen atoms in total. The Hall–Kier alpha value is -1.35. The summed E-state index contributed by atoms with van der Waals surface area (Å²) in [7, 11) is -3.43. The van der Waals surface area contributed by atoms with Crippen molar-refractivity contribution < 1.29 is 8.42 Å². The highest BCUT2D eigenvalue weighted by atomic mass is 32.2. The van der Waals surface area contributed by atoms with Crippen molar-refractivity contribution >= 4 is 9.84 Å². The van der Waals surface area contributed by atoms with Gasteiger partial charge in [0.1, 0.15) is 0 Å². The Morgan fingerprint density at radius 3 is 2.35 bits per heavy atom. The van der Waals surface area contributed by atoms with Crippen molar-refractivity contribution in [3.8, 4) is 0 Å². The van der Waals surface area contributed by atoms with Gasteiger partial charge in [0.15, 0.2) is 9.84 Å². The number of hydrogen-bond donors (Lipinski definition) is 0. The van der Waals surface area contributed by atoms with E-state index in [-0.39, 0.29) is 5.41 Å². The lowest BCUT2D eigenvalue weighted by Gasteiger charge is -2.39. The molecule has 1 aliphatic rings. The topological polar surface area (TPSA) is 34.1 Å². The Morgan fingerprint density at radius 2 is 1.81 bits per heavy atom. The zero-order valence-corrected chi connectivity index (χ0v) is 18.0. The predicted molar refractivity (Wildman–Crippen MR) is 111 cm³/mol. The standard InChI is InChI=1S/C23H34O2S/c1-7-9-18(3)16-21(22-19(4)10-8-15-23(22,5)6)26(24,25)20-13-11-17(2)12-14-20/h9,11-14,21H,7-8,10,15-16H2,1-6H3. The van der Waals surface area contributed by atoms with Gasteiger partial charge in [0, 0.05) is 0 Å². The van der Waals surface area contributed by atoms with E-state index >= 15 is 0 Å². The molecule has 144 valence electrons. The lowest BCUT2D eigenvalue weighted by Crippen LogP contribution is -2.34. The van der Waals surface area contributed by atoms with Gasteiger partial charge in [-0.2, -0.15) is 0 Å². The molecule has 0 bridgehead atoms. The van der Waals surface area contributed by atoms with Crippen LogP contribution in [0, 0.1) is 12.3 Å². The number of sulfone groups is 1. The smallest absolute Gasteiger partial charge is 0.185 e. The highest BCUT2D eigenvalue weighted by Gasteiger charge is 2.40. The van der Waals surface area contributed by atoms with Crippen LogP contribution in [0.5, 0.6) is 0 Å². The van der Waals surface area contributed by atoms with Gasteiger partial charge >= 0.3 is 0 Å². The molecule has 0 amide bonds. The molecule has 0 saturated carbocycles. The van der Waals surface area contributed by atoms with Crippen molar-refractivity contribution in [2.24, 2.45) is 5.41 Å².